The van der Waals surface area contributed by atoms with E-state index in [-0.39, 0.29) is 11.5 Å². The highest BCUT2D eigenvalue weighted by molar-refractivity contribution is 5.78. The lowest BCUT2D eigenvalue weighted by Crippen LogP contribution is -1.98. The Balaban J connectivity index is 1.61. The molecular formula is C29H26O4. The van der Waals surface area contributed by atoms with Gasteiger partial charge in [-0.15, -0.1) is 0 Å². The van der Waals surface area contributed by atoms with Crippen molar-refractivity contribution in [1.82, 2.24) is 0 Å². The highest BCUT2D eigenvalue weighted by atomic mass is 16.5. The predicted octanol–water partition coefficient (Wildman–Crippen LogP) is 6.45. The monoisotopic (exact) mass is 438 g/mol. The number of rotatable bonds is 1. The molecule has 4 nitrogen and oxygen atoms in total. The largest absolute Gasteiger partial charge is 0.507 e. The third kappa shape index (κ3) is 4.37. The molecule has 3 aliphatic rings. The lowest BCUT2D eigenvalue weighted by atomic mass is 9.92. The number of fused-ring (bicyclic) bond motifs is 2. The Morgan fingerprint density at radius 3 is 2.18 bits per heavy atom. The molecule has 4 heteroatoms. The van der Waals surface area contributed by atoms with Gasteiger partial charge in [-0.1, -0.05) is 42.5 Å². The second kappa shape index (κ2) is 8.91. The topological polar surface area (TPSA) is 58.9 Å². The van der Waals surface area contributed by atoms with Gasteiger partial charge < -0.3 is 19.7 Å². The molecule has 0 amide bonds. The minimum Gasteiger partial charge on any atom is -0.507 e. The first-order valence-corrected chi connectivity index (χ1v) is 11.2. The van der Waals surface area contributed by atoms with Gasteiger partial charge in [-0.25, -0.2) is 0 Å². The average Bonchev–Trinajstić information content (AvgIpc) is 2.82. The lowest BCUT2D eigenvalue weighted by Gasteiger charge is -2.16. The molecule has 33 heavy (non-hydrogen) atoms. The molecule has 0 saturated heterocycles. The minimum atomic E-state index is 0.170. The van der Waals surface area contributed by atoms with Crippen LogP contribution in [-0.4, -0.2) is 17.3 Å². The number of benzene rings is 4. The highest BCUT2D eigenvalue weighted by Gasteiger charge is 2.16. The molecule has 0 radical (unpaired) electrons. The van der Waals surface area contributed by atoms with Crippen molar-refractivity contribution in [3.8, 4) is 39.9 Å². The van der Waals surface area contributed by atoms with E-state index in [2.05, 4.69) is 12.1 Å². The van der Waals surface area contributed by atoms with E-state index in [0.717, 1.165) is 41.7 Å². The van der Waals surface area contributed by atoms with Crippen LogP contribution in [0.1, 0.15) is 22.3 Å². The number of aryl methyl sites for hydroxylation is 4. The predicted molar refractivity (Wildman–Crippen MR) is 130 cm³/mol. The van der Waals surface area contributed by atoms with E-state index in [4.69, 9.17) is 9.47 Å². The smallest absolute Gasteiger partial charge is 0.169 e. The maximum Gasteiger partial charge on any atom is 0.169 e. The Hall–Kier alpha value is -3.92. The van der Waals surface area contributed by atoms with Gasteiger partial charge in [0.2, 0.25) is 0 Å². The van der Waals surface area contributed by atoms with Crippen molar-refractivity contribution >= 4 is 0 Å². The summed E-state index contributed by atoms with van der Waals surface area (Å²) in [5.74, 6) is 2.47. The number of phenolic OH excluding ortho intramolecular Hbond substituents is 2. The van der Waals surface area contributed by atoms with Gasteiger partial charge in [0.25, 0.3) is 0 Å². The van der Waals surface area contributed by atoms with E-state index in [9.17, 15) is 10.2 Å². The summed E-state index contributed by atoms with van der Waals surface area (Å²) in [6, 6.07) is 25.3. The fourth-order valence-electron chi connectivity index (χ4n) is 4.43. The lowest BCUT2D eigenvalue weighted by molar-refractivity contribution is 0.378. The van der Waals surface area contributed by atoms with Crippen molar-refractivity contribution < 1.29 is 19.7 Å². The molecule has 6 bridgehead atoms. The van der Waals surface area contributed by atoms with Crippen LogP contribution in [0.2, 0.25) is 0 Å². The molecule has 3 heterocycles. The summed E-state index contributed by atoms with van der Waals surface area (Å²) in [5.41, 5.74) is 5.65. The van der Waals surface area contributed by atoms with Crippen molar-refractivity contribution in [2.75, 3.05) is 7.11 Å². The SMILES string of the molecule is COc1ccc2cc1Oc1ccc(cc1)CCc1ccc(c(O)c1)-c1c(O)cccc1CC2. The van der Waals surface area contributed by atoms with Crippen LogP contribution in [0.25, 0.3) is 11.1 Å². The number of methoxy groups -OCH3 is 1. The van der Waals surface area contributed by atoms with Gasteiger partial charge in [-0.3, -0.25) is 0 Å². The van der Waals surface area contributed by atoms with Crippen LogP contribution < -0.4 is 9.47 Å². The molecular weight excluding hydrogens is 412 g/mol. The number of hydrogen-bond acceptors (Lipinski definition) is 4. The first-order valence-electron chi connectivity index (χ1n) is 11.2. The molecule has 0 unspecified atom stereocenters. The molecule has 166 valence electrons. The van der Waals surface area contributed by atoms with Crippen LogP contribution in [-0.2, 0) is 25.7 Å². The average molecular weight is 439 g/mol. The second-order valence-corrected chi connectivity index (χ2v) is 8.39. The Bertz CT molecular complexity index is 1290. The number of aromatic hydroxyl groups is 2. The molecule has 0 spiro atoms. The van der Waals surface area contributed by atoms with Crippen LogP contribution in [0.5, 0.6) is 28.7 Å². The zero-order valence-electron chi connectivity index (χ0n) is 18.5. The Morgan fingerprint density at radius 1 is 0.697 bits per heavy atom. The third-order valence-electron chi connectivity index (χ3n) is 6.22. The van der Waals surface area contributed by atoms with E-state index in [1.807, 2.05) is 60.7 Å². The van der Waals surface area contributed by atoms with Crippen molar-refractivity contribution in [1.29, 1.82) is 0 Å². The standard InChI is InChI=1S/C29H26O4/c1-32-27-16-11-21-7-12-22-3-2-4-25(30)29(22)24-15-10-20(17-26(24)31)6-5-19-8-13-23(14-9-19)33-28(27)18-21/h2-4,8-11,13-18,30-31H,5-7,12H2,1H3. The zero-order chi connectivity index (χ0) is 22.8. The molecule has 0 aliphatic carbocycles. The first-order chi connectivity index (χ1) is 16.1. The molecule has 2 N–H and O–H groups in total. The van der Waals surface area contributed by atoms with Gasteiger partial charge in [0.1, 0.15) is 17.2 Å². The van der Waals surface area contributed by atoms with Gasteiger partial charge in [0.05, 0.1) is 7.11 Å². The summed E-state index contributed by atoms with van der Waals surface area (Å²) in [5, 5.41) is 21.5. The van der Waals surface area contributed by atoms with Crippen molar-refractivity contribution in [3.05, 3.63) is 101 Å². The quantitative estimate of drug-likeness (QED) is 0.359. The van der Waals surface area contributed by atoms with E-state index in [0.29, 0.717) is 29.0 Å². The number of ether oxygens (including phenoxy) is 2. The molecule has 4 aromatic rings. The van der Waals surface area contributed by atoms with Gasteiger partial charge in [0, 0.05) is 11.1 Å². The maximum absolute atomic E-state index is 10.8. The Kier molecular flexibility index (Phi) is 5.66. The Morgan fingerprint density at radius 2 is 1.39 bits per heavy atom. The minimum absolute atomic E-state index is 0.170. The van der Waals surface area contributed by atoms with Crippen molar-refractivity contribution in [3.63, 3.8) is 0 Å². The second-order valence-electron chi connectivity index (χ2n) is 8.39. The summed E-state index contributed by atoms with van der Waals surface area (Å²) >= 11 is 0. The Labute approximate surface area is 193 Å². The van der Waals surface area contributed by atoms with Crippen LogP contribution in [0.4, 0.5) is 0 Å². The molecule has 4 aromatic carbocycles. The molecule has 0 saturated carbocycles. The summed E-state index contributed by atoms with van der Waals surface area (Å²) < 4.78 is 11.7. The molecule has 3 aliphatic heterocycles. The van der Waals surface area contributed by atoms with Gasteiger partial charge in [-0.05, 0) is 84.3 Å². The normalized spacial score (nSPS) is 13.0. The third-order valence-corrected chi connectivity index (χ3v) is 6.22. The van der Waals surface area contributed by atoms with Gasteiger partial charge in [-0.2, -0.15) is 0 Å². The van der Waals surface area contributed by atoms with Crippen molar-refractivity contribution in [2.45, 2.75) is 25.7 Å². The molecule has 0 fully saturated rings. The van der Waals surface area contributed by atoms with E-state index >= 15 is 0 Å². The van der Waals surface area contributed by atoms with Crippen LogP contribution in [0.15, 0.2) is 78.9 Å². The zero-order valence-corrected chi connectivity index (χ0v) is 18.5. The van der Waals surface area contributed by atoms with E-state index in [1.165, 1.54) is 5.56 Å². The van der Waals surface area contributed by atoms with Crippen LogP contribution in [0.3, 0.4) is 0 Å². The van der Waals surface area contributed by atoms with Crippen LogP contribution >= 0.6 is 0 Å². The van der Waals surface area contributed by atoms with Gasteiger partial charge >= 0.3 is 0 Å². The summed E-state index contributed by atoms with van der Waals surface area (Å²) in [6.07, 6.45) is 3.09. The fourth-order valence-corrected chi connectivity index (χ4v) is 4.43. The summed E-state index contributed by atoms with van der Waals surface area (Å²) in [7, 11) is 1.64. The molecule has 7 rings (SSSR count). The van der Waals surface area contributed by atoms with E-state index in [1.54, 1.807) is 13.2 Å². The molecule has 0 atom stereocenters. The van der Waals surface area contributed by atoms with Crippen molar-refractivity contribution in [2.24, 2.45) is 0 Å². The molecule has 0 aromatic heterocycles. The summed E-state index contributed by atoms with van der Waals surface area (Å²) in [4.78, 5) is 0. The maximum atomic E-state index is 10.8. The fraction of sp³-hybridized carbons (Fsp3) is 0.172. The summed E-state index contributed by atoms with van der Waals surface area (Å²) in [6.45, 7) is 0. The van der Waals surface area contributed by atoms with Crippen LogP contribution in [0, 0.1) is 0 Å². The van der Waals surface area contributed by atoms with E-state index < -0.39 is 0 Å². The number of phenols is 2. The number of hydrogen-bond donors (Lipinski definition) is 2. The first kappa shape index (κ1) is 21.0. The highest BCUT2D eigenvalue weighted by Crippen LogP contribution is 2.39. The van der Waals surface area contributed by atoms with Gasteiger partial charge in [0.15, 0.2) is 11.5 Å².